The van der Waals surface area contributed by atoms with Gasteiger partial charge in [0.25, 0.3) is 11.8 Å². The van der Waals surface area contributed by atoms with E-state index in [1.54, 1.807) is 6.07 Å². The molecule has 0 atom stereocenters. The third kappa shape index (κ3) is 1.63. The van der Waals surface area contributed by atoms with Gasteiger partial charge in [-0.1, -0.05) is 17.7 Å². The molecule has 1 aliphatic heterocycles. The Bertz CT molecular complexity index is 474. The summed E-state index contributed by atoms with van der Waals surface area (Å²) in [6, 6.07) is 5.49. The van der Waals surface area contributed by atoms with Crippen LogP contribution >= 0.6 is 0 Å². The number of hydrogen-bond acceptors (Lipinski definition) is 3. The lowest BCUT2D eigenvalue weighted by Crippen LogP contribution is -2.30. The predicted molar refractivity (Wildman–Crippen MR) is 60.7 cm³/mol. The number of anilines is 1. The van der Waals surface area contributed by atoms with Crippen LogP contribution in [0.25, 0.3) is 0 Å². The van der Waals surface area contributed by atoms with E-state index in [4.69, 9.17) is 5.73 Å². The SMILES string of the molecule is Cc1ccc(N2C(=O)C=CC2=O)c(CN)c1. The second-order valence-electron chi connectivity index (χ2n) is 3.68. The summed E-state index contributed by atoms with van der Waals surface area (Å²) >= 11 is 0. The summed E-state index contributed by atoms with van der Waals surface area (Å²) in [5.41, 5.74) is 8.03. The van der Waals surface area contributed by atoms with E-state index in [0.29, 0.717) is 12.2 Å². The summed E-state index contributed by atoms with van der Waals surface area (Å²) < 4.78 is 0. The molecule has 2 N–H and O–H groups in total. The van der Waals surface area contributed by atoms with Gasteiger partial charge in [-0.25, -0.2) is 4.90 Å². The van der Waals surface area contributed by atoms with Crippen molar-refractivity contribution in [2.45, 2.75) is 13.5 Å². The fraction of sp³-hybridized carbons (Fsp3) is 0.167. The van der Waals surface area contributed by atoms with Gasteiger partial charge in [0.15, 0.2) is 0 Å². The monoisotopic (exact) mass is 216 g/mol. The van der Waals surface area contributed by atoms with E-state index in [9.17, 15) is 9.59 Å². The van der Waals surface area contributed by atoms with Gasteiger partial charge in [0.05, 0.1) is 5.69 Å². The van der Waals surface area contributed by atoms with Crippen molar-refractivity contribution in [2.75, 3.05) is 4.90 Å². The second-order valence-corrected chi connectivity index (χ2v) is 3.68. The number of hydrogen-bond donors (Lipinski definition) is 1. The lowest BCUT2D eigenvalue weighted by Gasteiger charge is -2.17. The third-order valence-corrected chi connectivity index (χ3v) is 2.51. The van der Waals surface area contributed by atoms with Crippen molar-refractivity contribution in [1.29, 1.82) is 0 Å². The second kappa shape index (κ2) is 3.90. The Morgan fingerprint density at radius 3 is 2.38 bits per heavy atom. The summed E-state index contributed by atoms with van der Waals surface area (Å²) in [7, 11) is 0. The Hall–Kier alpha value is -1.94. The third-order valence-electron chi connectivity index (χ3n) is 2.51. The van der Waals surface area contributed by atoms with Gasteiger partial charge in [-0.3, -0.25) is 9.59 Å². The predicted octanol–water partition coefficient (Wildman–Crippen LogP) is 0.883. The number of benzene rings is 1. The van der Waals surface area contributed by atoms with Crippen LogP contribution in [-0.2, 0) is 16.1 Å². The normalized spacial score (nSPS) is 15.0. The minimum Gasteiger partial charge on any atom is -0.326 e. The first-order valence-electron chi connectivity index (χ1n) is 4.99. The Kier molecular flexibility index (Phi) is 2.58. The quantitative estimate of drug-likeness (QED) is 0.746. The maximum atomic E-state index is 11.5. The summed E-state index contributed by atoms with van der Waals surface area (Å²) in [5.74, 6) is -0.632. The van der Waals surface area contributed by atoms with Crippen LogP contribution in [0.15, 0.2) is 30.4 Å². The fourth-order valence-electron chi connectivity index (χ4n) is 1.73. The average Bonchev–Trinajstić information content (AvgIpc) is 2.59. The lowest BCUT2D eigenvalue weighted by molar-refractivity contribution is -0.119. The standard InChI is InChI=1S/C12H12N2O2/c1-8-2-3-10(9(6-8)7-13)14-11(15)4-5-12(14)16/h2-6H,7,13H2,1H3. The number of nitrogens with two attached hydrogens (primary N) is 1. The van der Waals surface area contributed by atoms with Crippen LogP contribution in [0.5, 0.6) is 0 Å². The molecule has 1 aromatic rings. The van der Waals surface area contributed by atoms with Gasteiger partial charge in [0.1, 0.15) is 0 Å². The molecule has 0 aromatic heterocycles. The van der Waals surface area contributed by atoms with Gasteiger partial charge >= 0.3 is 0 Å². The van der Waals surface area contributed by atoms with E-state index in [2.05, 4.69) is 0 Å². The van der Waals surface area contributed by atoms with Crippen LogP contribution in [0.1, 0.15) is 11.1 Å². The van der Waals surface area contributed by atoms with Crippen molar-refractivity contribution in [2.24, 2.45) is 5.73 Å². The number of amides is 2. The highest BCUT2D eigenvalue weighted by Crippen LogP contribution is 2.24. The van der Waals surface area contributed by atoms with Crippen molar-refractivity contribution in [1.82, 2.24) is 0 Å². The minimum absolute atomic E-state index is 0.300. The topological polar surface area (TPSA) is 63.4 Å². The number of imide groups is 1. The van der Waals surface area contributed by atoms with E-state index < -0.39 is 0 Å². The lowest BCUT2D eigenvalue weighted by atomic mass is 10.1. The number of carbonyl (C=O) groups excluding carboxylic acids is 2. The van der Waals surface area contributed by atoms with E-state index in [0.717, 1.165) is 16.0 Å². The number of nitrogens with zero attached hydrogens (tertiary/aromatic N) is 1. The van der Waals surface area contributed by atoms with Crippen molar-refractivity contribution < 1.29 is 9.59 Å². The average molecular weight is 216 g/mol. The number of carbonyl (C=O) groups is 2. The molecule has 0 saturated heterocycles. The Balaban J connectivity index is 2.48. The smallest absolute Gasteiger partial charge is 0.258 e. The molecule has 1 aliphatic rings. The summed E-state index contributed by atoms with van der Waals surface area (Å²) in [5, 5.41) is 0. The molecule has 2 rings (SSSR count). The van der Waals surface area contributed by atoms with E-state index >= 15 is 0 Å². The molecule has 0 aliphatic carbocycles. The summed E-state index contributed by atoms with van der Waals surface area (Å²) in [6.45, 7) is 2.24. The van der Waals surface area contributed by atoms with Crippen LogP contribution in [0.2, 0.25) is 0 Å². The van der Waals surface area contributed by atoms with Crippen molar-refractivity contribution >= 4 is 17.5 Å². The Labute approximate surface area is 93.3 Å². The van der Waals surface area contributed by atoms with Crippen molar-refractivity contribution in [3.8, 4) is 0 Å². The fourth-order valence-corrected chi connectivity index (χ4v) is 1.73. The van der Waals surface area contributed by atoms with E-state index in [1.165, 1.54) is 12.2 Å². The van der Waals surface area contributed by atoms with Gasteiger partial charge in [0, 0.05) is 18.7 Å². The molecular formula is C12H12N2O2. The Morgan fingerprint density at radius 2 is 1.81 bits per heavy atom. The van der Waals surface area contributed by atoms with E-state index in [1.807, 2.05) is 19.1 Å². The first kappa shape index (κ1) is 10.6. The molecular weight excluding hydrogens is 204 g/mol. The highest BCUT2D eigenvalue weighted by atomic mass is 16.2. The van der Waals surface area contributed by atoms with E-state index in [-0.39, 0.29) is 11.8 Å². The molecule has 0 unspecified atom stereocenters. The maximum absolute atomic E-state index is 11.5. The van der Waals surface area contributed by atoms with Gasteiger partial charge < -0.3 is 5.73 Å². The van der Waals surface area contributed by atoms with Crippen LogP contribution in [0, 0.1) is 6.92 Å². The molecule has 2 amide bonds. The van der Waals surface area contributed by atoms with Gasteiger partial charge in [-0.2, -0.15) is 0 Å². The molecule has 0 radical (unpaired) electrons. The zero-order valence-corrected chi connectivity index (χ0v) is 8.93. The summed E-state index contributed by atoms with van der Waals surface area (Å²) in [4.78, 5) is 24.2. The first-order chi connectivity index (χ1) is 7.63. The van der Waals surface area contributed by atoms with Gasteiger partial charge in [-0.05, 0) is 18.6 Å². The molecule has 1 heterocycles. The number of aryl methyl sites for hydroxylation is 1. The van der Waals surface area contributed by atoms with Crippen LogP contribution in [0.3, 0.4) is 0 Å². The molecule has 4 nitrogen and oxygen atoms in total. The van der Waals surface area contributed by atoms with Crippen molar-refractivity contribution in [3.63, 3.8) is 0 Å². The minimum atomic E-state index is -0.316. The highest BCUT2D eigenvalue weighted by molar-refractivity contribution is 6.28. The zero-order chi connectivity index (χ0) is 11.7. The molecule has 16 heavy (non-hydrogen) atoms. The van der Waals surface area contributed by atoms with Crippen LogP contribution in [0.4, 0.5) is 5.69 Å². The highest BCUT2D eigenvalue weighted by Gasteiger charge is 2.26. The number of rotatable bonds is 2. The zero-order valence-electron chi connectivity index (χ0n) is 8.93. The molecule has 0 fully saturated rings. The maximum Gasteiger partial charge on any atom is 0.258 e. The Morgan fingerprint density at radius 1 is 1.19 bits per heavy atom. The molecule has 0 spiro atoms. The van der Waals surface area contributed by atoms with Crippen LogP contribution in [-0.4, -0.2) is 11.8 Å². The van der Waals surface area contributed by atoms with Gasteiger partial charge in [-0.15, -0.1) is 0 Å². The van der Waals surface area contributed by atoms with Crippen molar-refractivity contribution in [3.05, 3.63) is 41.5 Å². The molecule has 82 valence electrons. The molecule has 0 bridgehead atoms. The molecule has 4 heteroatoms. The molecule has 0 saturated carbocycles. The van der Waals surface area contributed by atoms with Gasteiger partial charge in [0.2, 0.25) is 0 Å². The summed E-state index contributed by atoms with van der Waals surface area (Å²) in [6.07, 6.45) is 2.53. The molecule has 1 aromatic carbocycles. The first-order valence-corrected chi connectivity index (χ1v) is 4.99. The largest absolute Gasteiger partial charge is 0.326 e. The van der Waals surface area contributed by atoms with Crippen LogP contribution < -0.4 is 10.6 Å².